The van der Waals surface area contributed by atoms with E-state index in [9.17, 15) is 0 Å². The van der Waals surface area contributed by atoms with Crippen molar-refractivity contribution in [2.75, 3.05) is 12.9 Å². The number of benzene rings is 1. The number of hydrogen-bond acceptors (Lipinski definition) is 4. The number of para-hydroxylation sites is 1. The second kappa shape index (κ2) is 4.90. The summed E-state index contributed by atoms with van der Waals surface area (Å²) in [5.41, 5.74) is 1.08. The Morgan fingerprint density at radius 1 is 1.28 bits per heavy atom. The van der Waals surface area contributed by atoms with Crippen molar-refractivity contribution in [2.45, 2.75) is 11.0 Å². The van der Waals surface area contributed by atoms with Crippen molar-refractivity contribution in [2.24, 2.45) is 0 Å². The van der Waals surface area contributed by atoms with Crippen LogP contribution in [0.1, 0.15) is 11.7 Å². The molecule has 0 bridgehead atoms. The maximum absolute atomic E-state index is 5.99. The topological polar surface area (TPSA) is 31.4 Å². The van der Waals surface area contributed by atoms with E-state index >= 15 is 0 Å². The monoisotopic (exact) mass is 259 g/mol. The van der Waals surface area contributed by atoms with Crippen molar-refractivity contribution in [3.63, 3.8) is 0 Å². The lowest BCUT2D eigenvalue weighted by atomic mass is 10.2. The van der Waals surface area contributed by atoms with Crippen LogP contribution in [0.4, 0.5) is 0 Å². The summed E-state index contributed by atoms with van der Waals surface area (Å²) in [5, 5.41) is 0. The van der Waals surface area contributed by atoms with Gasteiger partial charge in [0, 0.05) is 28.5 Å². The zero-order chi connectivity index (χ0) is 12.4. The van der Waals surface area contributed by atoms with Gasteiger partial charge < -0.3 is 9.47 Å². The lowest BCUT2D eigenvalue weighted by Crippen LogP contribution is -2.14. The van der Waals surface area contributed by atoms with Gasteiger partial charge in [0.2, 0.25) is 5.88 Å². The Morgan fingerprint density at radius 3 is 2.94 bits per heavy atom. The number of nitrogens with zero attached hydrogens (tertiary/aromatic N) is 1. The minimum atomic E-state index is 0.0586. The molecule has 0 amide bonds. The van der Waals surface area contributed by atoms with E-state index < -0.39 is 0 Å². The van der Waals surface area contributed by atoms with E-state index in [-0.39, 0.29) is 6.10 Å². The average Bonchev–Trinajstić information content (AvgIpc) is 2.47. The molecular weight excluding hydrogens is 246 g/mol. The molecule has 1 aromatic heterocycles. The highest BCUT2D eigenvalue weighted by Gasteiger charge is 2.21. The Hall–Kier alpha value is -1.68. The first-order valence-electron chi connectivity index (χ1n) is 5.75. The van der Waals surface area contributed by atoms with Crippen LogP contribution in [0.25, 0.3) is 0 Å². The molecular formula is C14H13NO2S. The molecule has 1 aliphatic rings. The highest BCUT2D eigenvalue weighted by molar-refractivity contribution is 7.99. The Morgan fingerprint density at radius 2 is 2.17 bits per heavy atom. The summed E-state index contributed by atoms with van der Waals surface area (Å²) in [5.74, 6) is 2.49. The molecule has 1 aromatic carbocycles. The summed E-state index contributed by atoms with van der Waals surface area (Å²) in [4.78, 5) is 5.42. The Balaban J connectivity index is 1.82. The van der Waals surface area contributed by atoms with Crippen molar-refractivity contribution in [3.05, 3.63) is 48.2 Å². The number of hydrogen-bond donors (Lipinski definition) is 0. The number of thioether (sulfide) groups is 1. The highest BCUT2D eigenvalue weighted by atomic mass is 32.2. The largest absolute Gasteiger partial charge is 0.484 e. The molecule has 0 saturated heterocycles. The SMILES string of the molecule is COc1ccc(C2CSc3ccccc3O2)cn1. The average molecular weight is 259 g/mol. The van der Waals surface area contributed by atoms with Crippen LogP contribution < -0.4 is 9.47 Å². The summed E-state index contributed by atoms with van der Waals surface area (Å²) in [6.07, 6.45) is 1.88. The van der Waals surface area contributed by atoms with Crippen LogP contribution in [0.2, 0.25) is 0 Å². The van der Waals surface area contributed by atoms with Crippen LogP contribution in [-0.2, 0) is 0 Å². The minimum Gasteiger partial charge on any atom is -0.484 e. The molecule has 0 spiro atoms. The molecule has 1 atom stereocenters. The molecule has 1 aliphatic heterocycles. The van der Waals surface area contributed by atoms with E-state index in [1.807, 2.05) is 48.3 Å². The fourth-order valence-corrected chi connectivity index (χ4v) is 2.91. The van der Waals surface area contributed by atoms with Gasteiger partial charge in [-0.05, 0) is 18.2 Å². The van der Waals surface area contributed by atoms with Gasteiger partial charge in [-0.15, -0.1) is 11.8 Å². The maximum atomic E-state index is 5.99. The lowest BCUT2D eigenvalue weighted by Gasteiger charge is -2.25. The van der Waals surface area contributed by atoms with Gasteiger partial charge in [-0.1, -0.05) is 12.1 Å². The molecule has 1 unspecified atom stereocenters. The number of aromatic nitrogens is 1. The zero-order valence-electron chi connectivity index (χ0n) is 10.00. The number of fused-ring (bicyclic) bond motifs is 1. The lowest BCUT2D eigenvalue weighted by molar-refractivity contribution is 0.219. The van der Waals surface area contributed by atoms with Gasteiger partial charge in [-0.3, -0.25) is 0 Å². The van der Waals surface area contributed by atoms with Gasteiger partial charge in [0.1, 0.15) is 11.9 Å². The second-order valence-corrected chi connectivity index (χ2v) is 5.06. The molecule has 3 rings (SSSR count). The third kappa shape index (κ3) is 2.16. The van der Waals surface area contributed by atoms with E-state index in [2.05, 4.69) is 11.1 Å². The van der Waals surface area contributed by atoms with Crippen LogP contribution >= 0.6 is 11.8 Å². The molecule has 18 heavy (non-hydrogen) atoms. The molecule has 3 nitrogen and oxygen atoms in total. The van der Waals surface area contributed by atoms with Gasteiger partial charge in [0.05, 0.1) is 7.11 Å². The number of methoxy groups -OCH3 is 1. The fraction of sp³-hybridized carbons (Fsp3) is 0.214. The number of pyridine rings is 1. The maximum Gasteiger partial charge on any atom is 0.212 e. The summed E-state index contributed by atoms with van der Waals surface area (Å²) in [6, 6.07) is 12.0. The molecule has 0 N–H and O–H groups in total. The number of rotatable bonds is 2. The predicted octanol–water partition coefficient (Wildman–Crippen LogP) is 3.32. The normalized spacial score (nSPS) is 17.7. The fourth-order valence-electron chi connectivity index (χ4n) is 1.89. The van der Waals surface area contributed by atoms with Crippen LogP contribution in [0.15, 0.2) is 47.5 Å². The van der Waals surface area contributed by atoms with Gasteiger partial charge in [-0.25, -0.2) is 4.98 Å². The smallest absolute Gasteiger partial charge is 0.212 e. The molecule has 0 radical (unpaired) electrons. The molecule has 4 heteroatoms. The summed E-state index contributed by atoms with van der Waals surface area (Å²) in [6.45, 7) is 0. The molecule has 2 heterocycles. The van der Waals surface area contributed by atoms with E-state index in [4.69, 9.17) is 9.47 Å². The van der Waals surface area contributed by atoms with Crippen LogP contribution in [0, 0.1) is 0 Å². The molecule has 0 saturated carbocycles. The van der Waals surface area contributed by atoms with Crippen molar-refractivity contribution in [3.8, 4) is 11.6 Å². The van der Waals surface area contributed by atoms with Gasteiger partial charge in [-0.2, -0.15) is 0 Å². The summed E-state index contributed by atoms with van der Waals surface area (Å²) in [7, 11) is 1.62. The molecule has 2 aromatic rings. The van der Waals surface area contributed by atoms with Crippen molar-refractivity contribution >= 4 is 11.8 Å². The van der Waals surface area contributed by atoms with E-state index in [1.54, 1.807) is 7.11 Å². The first-order valence-corrected chi connectivity index (χ1v) is 6.74. The summed E-state index contributed by atoms with van der Waals surface area (Å²) >= 11 is 1.82. The Labute approximate surface area is 110 Å². The van der Waals surface area contributed by atoms with Crippen LogP contribution in [-0.4, -0.2) is 17.8 Å². The first-order chi connectivity index (χ1) is 8.86. The first kappa shape index (κ1) is 11.4. The Bertz CT molecular complexity index is 542. The molecule has 92 valence electrons. The van der Waals surface area contributed by atoms with E-state index in [0.29, 0.717) is 5.88 Å². The second-order valence-electron chi connectivity index (χ2n) is 4.00. The van der Waals surface area contributed by atoms with Crippen molar-refractivity contribution in [1.29, 1.82) is 0 Å². The Kier molecular flexibility index (Phi) is 3.11. The van der Waals surface area contributed by atoms with E-state index in [1.165, 1.54) is 4.90 Å². The third-order valence-corrected chi connectivity index (χ3v) is 3.97. The molecule has 0 fully saturated rings. The van der Waals surface area contributed by atoms with Gasteiger partial charge >= 0.3 is 0 Å². The third-order valence-electron chi connectivity index (χ3n) is 2.85. The van der Waals surface area contributed by atoms with Crippen molar-refractivity contribution < 1.29 is 9.47 Å². The predicted molar refractivity (Wildman–Crippen MR) is 71.3 cm³/mol. The highest BCUT2D eigenvalue weighted by Crippen LogP contribution is 2.39. The van der Waals surface area contributed by atoms with Crippen LogP contribution in [0.3, 0.4) is 0 Å². The molecule has 0 aliphatic carbocycles. The van der Waals surface area contributed by atoms with Gasteiger partial charge in [0.15, 0.2) is 0 Å². The van der Waals surface area contributed by atoms with E-state index in [0.717, 1.165) is 17.1 Å². The van der Waals surface area contributed by atoms with Crippen molar-refractivity contribution in [1.82, 2.24) is 4.98 Å². The standard InChI is InChI=1S/C14H13NO2S/c1-16-14-7-6-10(8-15-14)12-9-18-13-5-3-2-4-11(13)17-12/h2-8,12H,9H2,1H3. The minimum absolute atomic E-state index is 0.0586. The van der Waals surface area contributed by atoms with Crippen LogP contribution in [0.5, 0.6) is 11.6 Å². The quantitative estimate of drug-likeness (QED) is 0.828. The summed E-state index contributed by atoms with van der Waals surface area (Å²) < 4.78 is 11.0. The zero-order valence-corrected chi connectivity index (χ0v) is 10.8. The van der Waals surface area contributed by atoms with Gasteiger partial charge in [0.25, 0.3) is 0 Å². The number of ether oxygens (including phenoxy) is 2.